The zero-order valence-electron chi connectivity index (χ0n) is 15.0. The van der Waals surface area contributed by atoms with E-state index >= 15 is 0 Å². The van der Waals surface area contributed by atoms with E-state index in [2.05, 4.69) is 29.1 Å². The largest absolute Gasteiger partial charge is 0.362 e. The molecule has 0 saturated heterocycles. The van der Waals surface area contributed by atoms with E-state index in [4.69, 9.17) is 0 Å². The lowest BCUT2D eigenvalue weighted by atomic mass is 9.81. The zero-order valence-corrected chi connectivity index (χ0v) is 15.0. The number of carbonyl (C=O) groups excluding carboxylic acids is 1. The van der Waals surface area contributed by atoms with Gasteiger partial charge in [-0.25, -0.2) is 9.37 Å². The van der Waals surface area contributed by atoms with Crippen molar-refractivity contribution in [2.45, 2.75) is 46.2 Å². The van der Waals surface area contributed by atoms with Crippen LogP contribution in [-0.2, 0) is 4.79 Å². The smallest absolute Gasteiger partial charge is 0.224 e. The number of aryl methyl sites for hydroxylation is 1. The number of anilines is 2. The third-order valence-corrected chi connectivity index (χ3v) is 4.89. The Morgan fingerprint density at radius 3 is 2.68 bits per heavy atom. The molecule has 1 aromatic heterocycles. The number of benzene rings is 1. The van der Waals surface area contributed by atoms with Gasteiger partial charge in [0.15, 0.2) is 0 Å². The quantitative estimate of drug-likeness (QED) is 0.920. The van der Waals surface area contributed by atoms with Crippen LogP contribution in [0, 0.1) is 18.7 Å². The second kappa shape index (κ2) is 6.78. The van der Waals surface area contributed by atoms with Crippen LogP contribution in [-0.4, -0.2) is 21.9 Å². The van der Waals surface area contributed by atoms with Crippen molar-refractivity contribution in [3.8, 4) is 0 Å². The minimum absolute atomic E-state index is 0.0277. The van der Waals surface area contributed by atoms with Gasteiger partial charge in [-0.05, 0) is 31.5 Å². The van der Waals surface area contributed by atoms with Crippen molar-refractivity contribution < 1.29 is 9.18 Å². The van der Waals surface area contributed by atoms with E-state index in [1.165, 1.54) is 12.1 Å². The van der Waals surface area contributed by atoms with E-state index in [1.807, 2.05) is 6.92 Å². The number of nitrogens with zero attached hydrogens (tertiary/aromatic N) is 3. The summed E-state index contributed by atoms with van der Waals surface area (Å²) in [4.78, 5) is 22.7. The number of amides is 1. The maximum atomic E-state index is 13.9. The monoisotopic (exact) mass is 342 g/mol. The number of rotatable bonds is 3. The molecule has 6 heteroatoms. The summed E-state index contributed by atoms with van der Waals surface area (Å²) in [7, 11) is 0. The second-order valence-corrected chi connectivity index (χ2v) is 6.59. The molecular weight excluding hydrogens is 319 g/mol. The molecule has 2 heterocycles. The van der Waals surface area contributed by atoms with Crippen molar-refractivity contribution in [2.24, 2.45) is 5.92 Å². The van der Waals surface area contributed by atoms with Gasteiger partial charge in [-0.2, -0.15) is 0 Å². The molecule has 0 saturated carbocycles. The Hall–Kier alpha value is -2.50. The van der Waals surface area contributed by atoms with Gasteiger partial charge in [-0.1, -0.05) is 13.8 Å². The molecule has 0 radical (unpaired) electrons. The Kier molecular flexibility index (Phi) is 4.70. The summed E-state index contributed by atoms with van der Waals surface area (Å²) < 4.78 is 13.9. The summed E-state index contributed by atoms with van der Waals surface area (Å²) in [5, 5.41) is 3.39. The van der Waals surface area contributed by atoms with E-state index in [-0.39, 0.29) is 29.7 Å². The lowest BCUT2D eigenvalue weighted by molar-refractivity contribution is -0.117. The fourth-order valence-electron chi connectivity index (χ4n) is 3.71. The average Bonchev–Trinajstić information content (AvgIpc) is 2.58. The van der Waals surface area contributed by atoms with Gasteiger partial charge < -0.3 is 10.2 Å². The predicted molar refractivity (Wildman–Crippen MR) is 95.9 cm³/mol. The van der Waals surface area contributed by atoms with Gasteiger partial charge in [0.2, 0.25) is 5.91 Å². The van der Waals surface area contributed by atoms with Crippen LogP contribution in [0.15, 0.2) is 30.6 Å². The van der Waals surface area contributed by atoms with Crippen LogP contribution in [0.2, 0.25) is 0 Å². The fraction of sp³-hybridized carbons (Fsp3) is 0.421. The van der Waals surface area contributed by atoms with Gasteiger partial charge >= 0.3 is 0 Å². The summed E-state index contributed by atoms with van der Waals surface area (Å²) in [6.45, 7) is 7.58. The summed E-state index contributed by atoms with van der Waals surface area (Å²) in [6.07, 6.45) is 4.19. The third-order valence-electron chi connectivity index (χ3n) is 4.89. The second-order valence-electron chi connectivity index (χ2n) is 6.59. The molecule has 2 unspecified atom stereocenters. The Balaban J connectivity index is 2.07. The van der Waals surface area contributed by atoms with Crippen LogP contribution in [0.1, 0.15) is 44.5 Å². The highest BCUT2D eigenvalue weighted by Gasteiger charge is 2.39. The van der Waals surface area contributed by atoms with Gasteiger partial charge in [0.25, 0.3) is 0 Å². The first-order valence-electron chi connectivity index (χ1n) is 8.56. The van der Waals surface area contributed by atoms with Gasteiger partial charge in [-0.15, -0.1) is 0 Å². The Morgan fingerprint density at radius 2 is 2.08 bits per heavy atom. The first kappa shape index (κ1) is 17.3. The number of carbonyl (C=O) groups is 1. The van der Waals surface area contributed by atoms with Crippen LogP contribution >= 0.6 is 0 Å². The van der Waals surface area contributed by atoms with Crippen LogP contribution in [0.3, 0.4) is 0 Å². The van der Waals surface area contributed by atoms with Gasteiger partial charge in [-0.3, -0.25) is 9.78 Å². The normalized spacial score (nSPS) is 22.4. The van der Waals surface area contributed by atoms with Crippen molar-refractivity contribution in [1.82, 2.24) is 9.97 Å². The lowest BCUT2D eigenvalue weighted by Gasteiger charge is -2.45. The standard InChI is InChI=1S/C19H23FN4O/c1-5-16-12(3)19(23-18-10-21-11(2)9-22-18)15-8-14(20)6-7-17(15)24(16)13(4)25/h6-10,12,16,19H,5H2,1-4H3,(H,22,23)/t12-,16?,19?/m0/s1. The molecule has 0 spiro atoms. The summed E-state index contributed by atoms with van der Waals surface area (Å²) in [5.74, 6) is 0.390. The number of halogens is 1. The first-order valence-corrected chi connectivity index (χ1v) is 8.56. The maximum absolute atomic E-state index is 13.9. The maximum Gasteiger partial charge on any atom is 0.224 e. The van der Waals surface area contributed by atoms with Crippen LogP contribution in [0.5, 0.6) is 0 Å². The van der Waals surface area contributed by atoms with E-state index in [0.29, 0.717) is 5.82 Å². The van der Waals surface area contributed by atoms with Crippen molar-refractivity contribution in [2.75, 3.05) is 10.2 Å². The molecule has 1 aromatic carbocycles. The number of hydrogen-bond acceptors (Lipinski definition) is 4. The van der Waals surface area contributed by atoms with Crippen LogP contribution in [0.25, 0.3) is 0 Å². The SMILES string of the molecule is CCC1[C@H](C)C(Nc2cnc(C)cn2)c2cc(F)ccc2N1C(C)=O. The van der Waals surface area contributed by atoms with E-state index < -0.39 is 0 Å². The molecule has 25 heavy (non-hydrogen) atoms. The first-order chi connectivity index (χ1) is 11.9. The Bertz CT molecular complexity index is 777. The average molecular weight is 342 g/mol. The van der Waals surface area contributed by atoms with Gasteiger partial charge in [0.1, 0.15) is 11.6 Å². The summed E-state index contributed by atoms with van der Waals surface area (Å²) in [6, 6.07) is 4.48. The number of hydrogen-bond donors (Lipinski definition) is 1. The number of fused-ring (bicyclic) bond motifs is 1. The molecule has 3 rings (SSSR count). The molecule has 132 valence electrons. The highest BCUT2D eigenvalue weighted by atomic mass is 19.1. The number of aromatic nitrogens is 2. The molecule has 1 amide bonds. The molecule has 1 aliphatic rings. The summed E-state index contributed by atoms with van der Waals surface area (Å²) in [5.41, 5.74) is 2.37. The van der Waals surface area contributed by atoms with Crippen LogP contribution in [0.4, 0.5) is 15.9 Å². The fourth-order valence-corrected chi connectivity index (χ4v) is 3.71. The summed E-state index contributed by atoms with van der Waals surface area (Å²) >= 11 is 0. The molecule has 1 N–H and O–H groups in total. The highest BCUT2D eigenvalue weighted by Crippen LogP contribution is 2.43. The molecule has 2 aromatic rings. The Labute approximate surface area is 147 Å². The molecular formula is C19H23FN4O. The minimum Gasteiger partial charge on any atom is -0.362 e. The van der Waals surface area contributed by atoms with Crippen LogP contribution < -0.4 is 10.2 Å². The molecule has 5 nitrogen and oxygen atoms in total. The van der Waals surface area contributed by atoms with Crippen molar-refractivity contribution in [1.29, 1.82) is 0 Å². The lowest BCUT2D eigenvalue weighted by Crippen LogP contribution is -2.49. The predicted octanol–water partition coefficient (Wildman–Crippen LogP) is 3.86. The third kappa shape index (κ3) is 3.21. The molecule has 1 aliphatic heterocycles. The van der Waals surface area contributed by atoms with E-state index in [1.54, 1.807) is 30.3 Å². The molecule has 0 bridgehead atoms. The van der Waals surface area contributed by atoms with Gasteiger partial charge in [0, 0.05) is 30.1 Å². The zero-order chi connectivity index (χ0) is 18.1. The highest BCUT2D eigenvalue weighted by molar-refractivity contribution is 5.94. The molecule has 0 fully saturated rings. The van der Waals surface area contributed by atoms with Crippen molar-refractivity contribution in [3.63, 3.8) is 0 Å². The van der Waals surface area contributed by atoms with Crippen molar-refractivity contribution in [3.05, 3.63) is 47.7 Å². The van der Waals surface area contributed by atoms with E-state index in [0.717, 1.165) is 23.4 Å². The number of nitrogens with one attached hydrogen (secondary N) is 1. The van der Waals surface area contributed by atoms with Gasteiger partial charge in [0.05, 0.1) is 24.1 Å². The minimum atomic E-state index is -0.314. The van der Waals surface area contributed by atoms with E-state index in [9.17, 15) is 9.18 Å². The topological polar surface area (TPSA) is 58.1 Å². The Morgan fingerprint density at radius 1 is 1.32 bits per heavy atom. The molecule has 0 aliphatic carbocycles. The molecule has 3 atom stereocenters. The van der Waals surface area contributed by atoms with Crippen molar-refractivity contribution >= 4 is 17.4 Å².